The maximum atomic E-state index is 11.2. The number of rotatable bonds is 7. The van der Waals surface area contributed by atoms with Gasteiger partial charge in [-0.3, -0.25) is 4.57 Å². The molecule has 0 heterocycles. The van der Waals surface area contributed by atoms with Gasteiger partial charge in [0.25, 0.3) is 0 Å². The molecule has 0 amide bonds. The van der Waals surface area contributed by atoms with Crippen LogP contribution in [0.5, 0.6) is 0 Å². The summed E-state index contributed by atoms with van der Waals surface area (Å²) in [6, 6.07) is 0. The standard InChI is InChI=1S/C8H19O3P.U/c1-3-5-7-11-12(9,10)8-6-4-2;/h3-8H2,1-2H3,(H,9,10);. The average molecular weight is 432 g/mol. The molecule has 0 aliphatic carbocycles. The Morgan fingerprint density at radius 3 is 2.23 bits per heavy atom. The molecule has 0 aromatic heterocycles. The summed E-state index contributed by atoms with van der Waals surface area (Å²) in [7, 11) is -3.24. The molecule has 1 N–H and O–H groups in total. The number of unbranched alkanes of at least 4 members (excludes halogenated alkanes) is 2. The SMILES string of the molecule is CCCCOP(=O)(O)CCCC.[U]. The van der Waals surface area contributed by atoms with Gasteiger partial charge in [0.05, 0.1) is 6.61 Å². The molecule has 0 aliphatic rings. The van der Waals surface area contributed by atoms with Crippen LogP contribution in [0.4, 0.5) is 0 Å². The van der Waals surface area contributed by atoms with Crippen LogP contribution in [0.3, 0.4) is 0 Å². The topological polar surface area (TPSA) is 46.5 Å². The molecule has 5 heteroatoms. The zero-order valence-electron chi connectivity index (χ0n) is 8.45. The van der Waals surface area contributed by atoms with Gasteiger partial charge in [-0.05, 0) is 12.8 Å². The Hall–Kier alpha value is 1.20. The fourth-order valence-corrected chi connectivity index (χ4v) is 2.03. The van der Waals surface area contributed by atoms with Crippen molar-refractivity contribution >= 4 is 7.60 Å². The van der Waals surface area contributed by atoms with E-state index in [0.29, 0.717) is 12.8 Å². The van der Waals surface area contributed by atoms with Crippen molar-refractivity contribution in [3.8, 4) is 0 Å². The Labute approximate surface area is 105 Å². The van der Waals surface area contributed by atoms with Crippen LogP contribution in [-0.4, -0.2) is 17.7 Å². The largest absolute Gasteiger partial charge is 0.328 e. The molecule has 0 spiro atoms. The van der Waals surface area contributed by atoms with Crippen molar-refractivity contribution in [1.29, 1.82) is 0 Å². The fourth-order valence-electron chi connectivity index (χ4n) is 0.774. The van der Waals surface area contributed by atoms with E-state index in [1.807, 2.05) is 13.8 Å². The summed E-state index contributed by atoms with van der Waals surface area (Å²) in [6.07, 6.45) is 3.85. The van der Waals surface area contributed by atoms with Gasteiger partial charge in [0.2, 0.25) is 0 Å². The molecule has 0 saturated heterocycles. The second-order valence-electron chi connectivity index (χ2n) is 2.90. The number of hydrogen-bond donors (Lipinski definition) is 1. The van der Waals surface area contributed by atoms with Gasteiger partial charge in [-0.15, -0.1) is 0 Å². The molecule has 0 saturated carbocycles. The molecule has 78 valence electrons. The Morgan fingerprint density at radius 1 is 1.23 bits per heavy atom. The van der Waals surface area contributed by atoms with Crippen molar-refractivity contribution in [3.63, 3.8) is 0 Å². The van der Waals surface area contributed by atoms with E-state index >= 15 is 0 Å². The Bertz CT molecular complexity index is 152. The molecule has 0 rings (SSSR count). The summed E-state index contributed by atoms with van der Waals surface area (Å²) in [6.45, 7) is 4.43. The van der Waals surface area contributed by atoms with Crippen LogP contribution in [-0.2, 0) is 9.09 Å². The first kappa shape index (κ1) is 16.6. The predicted molar refractivity (Wildman–Crippen MR) is 50.5 cm³/mol. The van der Waals surface area contributed by atoms with Crippen LogP contribution >= 0.6 is 7.60 Å². The third-order valence-electron chi connectivity index (χ3n) is 1.59. The third kappa shape index (κ3) is 11.1. The first-order valence-electron chi connectivity index (χ1n) is 4.58. The monoisotopic (exact) mass is 432 g/mol. The molecule has 3 nitrogen and oxygen atoms in total. The van der Waals surface area contributed by atoms with Crippen molar-refractivity contribution in [1.82, 2.24) is 0 Å². The van der Waals surface area contributed by atoms with Crippen molar-refractivity contribution < 1.29 is 45.1 Å². The van der Waals surface area contributed by atoms with Gasteiger partial charge in [0.1, 0.15) is 0 Å². The predicted octanol–water partition coefficient (Wildman–Crippen LogP) is 2.79. The molecule has 1 unspecified atom stereocenters. The van der Waals surface area contributed by atoms with E-state index in [2.05, 4.69) is 0 Å². The van der Waals surface area contributed by atoms with Crippen LogP contribution in [0, 0.1) is 31.1 Å². The summed E-state index contributed by atoms with van der Waals surface area (Å²) in [5.74, 6) is 0. The zero-order chi connectivity index (χ0) is 9.45. The van der Waals surface area contributed by atoms with Gasteiger partial charge < -0.3 is 9.42 Å². The normalized spacial score (nSPS) is 14.7. The molecule has 0 aromatic carbocycles. The zero-order valence-corrected chi connectivity index (χ0v) is 13.5. The average Bonchev–Trinajstić information content (AvgIpc) is 2.01. The molecule has 0 aromatic rings. The molecule has 13 heavy (non-hydrogen) atoms. The first-order chi connectivity index (χ1) is 5.62. The van der Waals surface area contributed by atoms with Gasteiger partial charge in [0, 0.05) is 37.3 Å². The van der Waals surface area contributed by atoms with E-state index in [1.54, 1.807) is 0 Å². The Balaban J connectivity index is 0. The quantitative estimate of drug-likeness (QED) is 0.497. The summed E-state index contributed by atoms with van der Waals surface area (Å²) in [5, 5.41) is 0. The first-order valence-corrected chi connectivity index (χ1v) is 6.35. The van der Waals surface area contributed by atoms with Crippen LogP contribution in [0.1, 0.15) is 39.5 Å². The smallest absolute Gasteiger partial charge is 0.324 e. The maximum Gasteiger partial charge on any atom is 0.328 e. The molecule has 0 aliphatic heterocycles. The van der Waals surface area contributed by atoms with Crippen molar-refractivity contribution in [3.05, 3.63) is 0 Å². The second kappa shape index (κ2) is 9.75. The van der Waals surface area contributed by atoms with Gasteiger partial charge in [-0.2, -0.15) is 0 Å². The number of hydrogen-bond acceptors (Lipinski definition) is 2. The third-order valence-corrected chi connectivity index (χ3v) is 3.05. The molecule has 0 fully saturated rings. The summed E-state index contributed by atoms with van der Waals surface area (Å²) < 4.78 is 16.1. The Morgan fingerprint density at radius 2 is 1.77 bits per heavy atom. The molecule has 1 atom stereocenters. The molecule has 0 bridgehead atoms. The van der Waals surface area contributed by atoms with Crippen LogP contribution in [0.2, 0.25) is 0 Å². The maximum absolute atomic E-state index is 11.2. The second-order valence-corrected chi connectivity index (χ2v) is 4.88. The van der Waals surface area contributed by atoms with E-state index < -0.39 is 7.60 Å². The summed E-state index contributed by atoms with van der Waals surface area (Å²) in [5.41, 5.74) is 0. The van der Waals surface area contributed by atoms with Crippen LogP contribution in [0.25, 0.3) is 0 Å². The molecule has 0 radical (unpaired) electrons. The van der Waals surface area contributed by atoms with Gasteiger partial charge in [-0.25, -0.2) is 0 Å². The molecular formula is C8H19O3PU. The van der Waals surface area contributed by atoms with E-state index in [-0.39, 0.29) is 31.1 Å². The summed E-state index contributed by atoms with van der Waals surface area (Å²) >= 11 is 0. The molecular weight excluding hydrogens is 413 g/mol. The van der Waals surface area contributed by atoms with E-state index in [0.717, 1.165) is 25.7 Å². The van der Waals surface area contributed by atoms with Gasteiger partial charge >= 0.3 is 7.60 Å². The van der Waals surface area contributed by atoms with Crippen molar-refractivity contribution in [2.45, 2.75) is 39.5 Å². The van der Waals surface area contributed by atoms with Gasteiger partial charge in [0.15, 0.2) is 0 Å². The van der Waals surface area contributed by atoms with Crippen LogP contribution < -0.4 is 0 Å². The van der Waals surface area contributed by atoms with Crippen LogP contribution in [0.15, 0.2) is 0 Å². The minimum absolute atomic E-state index is 0. The minimum Gasteiger partial charge on any atom is -0.324 e. The van der Waals surface area contributed by atoms with E-state index in [9.17, 15) is 9.46 Å². The summed E-state index contributed by atoms with van der Waals surface area (Å²) in [4.78, 5) is 9.21. The van der Waals surface area contributed by atoms with E-state index in [4.69, 9.17) is 4.52 Å². The van der Waals surface area contributed by atoms with Crippen molar-refractivity contribution in [2.24, 2.45) is 0 Å². The van der Waals surface area contributed by atoms with Gasteiger partial charge in [-0.1, -0.05) is 26.7 Å². The minimum atomic E-state index is -3.24. The van der Waals surface area contributed by atoms with Crippen molar-refractivity contribution in [2.75, 3.05) is 12.8 Å². The fraction of sp³-hybridized carbons (Fsp3) is 1.00. The van der Waals surface area contributed by atoms with E-state index in [1.165, 1.54) is 0 Å². The Kier molecular flexibility index (Phi) is 12.5.